The lowest BCUT2D eigenvalue weighted by Crippen LogP contribution is -2.39. The zero-order chi connectivity index (χ0) is 23.6. The molecule has 0 atom stereocenters. The molecule has 2 aliphatic carbocycles. The third-order valence-electron chi connectivity index (χ3n) is 6.42. The van der Waals surface area contributed by atoms with Gasteiger partial charge in [-0.3, -0.25) is 4.79 Å². The Labute approximate surface area is 197 Å². The number of carbonyl (C=O) groups is 1. The van der Waals surface area contributed by atoms with Gasteiger partial charge in [-0.1, -0.05) is 11.3 Å². The highest BCUT2D eigenvalue weighted by Gasteiger charge is 2.32. The van der Waals surface area contributed by atoms with Gasteiger partial charge in [-0.15, -0.1) is 0 Å². The first-order valence-corrected chi connectivity index (χ1v) is 14.2. The minimum Gasteiger partial charge on any atom is -0.344 e. The summed E-state index contributed by atoms with van der Waals surface area (Å²) in [4.78, 5) is 23.0. The van der Waals surface area contributed by atoms with Gasteiger partial charge in [0.05, 0.1) is 24.4 Å². The number of pyridine rings is 1. The zero-order valence-corrected chi connectivity index (χ0v) is 20.2. The summed E-state index contributed by atoms with van der Waals surface area (Å²) >= 11 is 1.29. The molecule has 2 fully saturated rings. The van der Waals surface area contributed by atoms with Crippen LogP contribution in [0.1, 0.15) is 51.4 Å². The summed E-state index contributed by atoms with van der Waals surface area (Å²) in [6.07, 6.45) is 8.61. The maximum atomic E-state index is 14.5. The van der Waals surface area contributed by atoms with Crippen molar-refractivity contribution in [2.45, 2.75) is 57.4 Å². The number of nitriles is 1. The second kappa shape index (κ2) is 9.89. The number of thiazole rings is 1. The van der Waals surface area contributed by atoms with Gasteiger partial charge in [0, 0.05) is 24.8 Å². The van der Waals surface area contributed by atoms with E-state index in [-0.39, 0.29) is 29.1 Å². The maximum Gasteiger partial charge on any atom is 0.228 e. The summed E-state index contributed by atoms with van der Waals surface area (Å²) < 4.78 is 38.0. The van der Waals surface area contributed by atoms with Crippen LogP contribution in [0.4, 0.5) is 15.3 Å². The number of aromatic nitrogens is 2. The first-order valence-electron chi connectivity index (χ1n) is 11.3. The number of hydrogen-bond acceptors (Lipinski definition) is 8. The summed E-state index contributed by atoms with van der Waals surface area (Å²) in [5.74, 6) is 0.275. The van der Waals surface area contributed by atoms with E-state index in [1.54, 1.807) is 0 Å². The van der Waals surface area contributed by atoms with Crippen LogP contribution >= 0.6 is 11.3 Å². The summed E-state index contributed by atoms with van der Waals surface area (Å²) in [6, 6.07) is 2.33. The number of carbonyl (C=O) groups excluding carboxylic acids is 1. The molecular weight excluding hydrogens is 465 g/mol. The SMILES string of the molecule is CS(=O)(=O)CCC1CCC(N(CCC#N)c2nc3c(F)cnc(NC(=O)C4CC4)c3s2)CC1. The maximum absolute atomic E-state index is 14.5. The number of anilines is 2. The van der Waals surface area contributed by atoms with Gasteiger partial charge in [-0.05, 0) is 50.9 Å². The molecule has 1 N–H and O–H groups in total. The Hall–Kier alpha value is -2.32. The van der Waals surface area contributed by atoms with Crippen molar-refractivity contribution < 1.29 is 17.6 Å². The van der Waals surface area contributed by atoms with Gasteiger partial charge < -0.3 is 10.2 Å². The predicted molar refractivity (Wildman–Crippen MR) is 126 cm³/mol. The highest BCUT2D eigenvalue weighted by atomic mass is 32.2. The number of nitrogens with one attached hydrogen (secondary N) is 1. The third kappa shape index (κ3) is 5.98. The van der Waals surface area contributed by atoms with Crippen molar-refractivity contribution in [3.8, 4) is 6.07 Å². The highest BCUT2D eigenvalue weighted by molar-refractivity contribution is 7.90. The number of halogens is 1. The van der Waals surface area contributed by atoms with Gasteiger partial charge in [-0.2, -0.15) is 5.26 Å². The fourth-order valence-corrected chi connectivity index (χ4v) is 6.26. The van der Waals surface area contributed by atoms with Crippen molar-refractivity contribution in [2.75, 3.05) is 28.8 Å². The molecule has 33 heavy (non-hydrogen) atoms. The Bertz CT molecular complexity index is 1160. The summed E-state index contributed by atoms with van der Waals surface area (Å²) in [5, 5.41) is 12.6. The quantitative estimate of drug-likeness (QED) is 0.563. The molecule has 4 rings (SSSR count). The van der Waals surface area contributed by atoms with Crippen LogP contribution in [-0.4, -0.2) is 48.9 Å². The number of hydrogen-bond donors (Lipinski definition) is 1. The van der Waals surface area contributed by atoms with E-state index >= 15 is 0 Å². The lowest BCUT2D eigenvalue weighted by atomic mass is 9.84. The van der Waals surface area contributed by atoms with Crippen LogP contribution in [0.25, 0.3) is 10.2 Å². The average molecular weight is 494 g/mol. The van der Waals surface area contributed by atoms with E-state index in [2.05, 4.69) is 26.3 Å². The molecule has 0 aromatic carbocycles. The molecule has 0 unspecified atom stereocenters. The van der Waals surface area contributed by atoms with Gasteiger partial charge in [-0.25, -0.2) is 22.8 Å². The van der Waals surface area contributed by atoms with Gasteiger partial charge in [0.2, 0.25) is 5.91 Å². The molecule has 0 aliphatic heterocycles. The molecule has 11 heteroatoms. The Kier molecular flexibility index (Phi) is 7.14. The summed E-state index contributed by atoms with van der Waals surface area (Å²) in [6.45, 7) is 0.480. The zero-order valence-electron chi connectivity index (χ0n) is 18.6. The second-order valence-electron chi connectivity index (χ2n) is 9.09. The van der Waals surface area contributed by atoms with Gasteiger partial charge in [0.15, 0.2) is 16.8 Å². The minimum absolute atomic E-state index is 0.00398. The van der Waals surface area contributed by atoms with Crippen LogP contribution < -0.4 is 10.2 Å². The van der Waals surface area contributed by atoms with E-state index in [4.69, 9.17) is 5.26 Å². The van der Waals surface area contributed by atoms with Crippen LogP contribution in [0, 0.1) is 29.0 Å². The predicted octanol–water partition coefficient (Wildman–Crippen LogP) is 3.89. The molecule has 0 saturated heterocycles. The number of sulfone groups is 1. The smallest absolute Gasteiger partial charge is 0.228 e. The normalized spacial score (nSPS) is 21.0. The minimum atomic E-state index is -2.97. The molecule has 1 amide bonds. The van der Waals surface area contributed by atoms with Crippen molar-refractivity contribution in [1.29, 1.82) is 5.26 Å². The molecule has 178 valence electrons. The molecule has 0 spiro atoms. The summed E-state index contributed by atoms with van der Waals surface area (Å²) in [7, 11) is -2.97. The second-order valence-corrected chi connectivity index (χ2v) is 12.3. The van der Waals surface area contributed by atoms with Crippen molar-refractivity contribution >= 4 is 48.2 Å². The fraction of sp³-hybridized carbons (Fsp3) is 0.636. The van der Waals surface area contributed by atoms with E-state index in [1.165, 1.54) is 17.6 Å². The number of nitrogens with zero attached hydrogens (tertiary/aromatic N) is 4. The average Bonchev–Trinajstić information content (AvgIpc) is 3.54. The number of fused-ring (bicyclic) bond motifs is 1. The highest BCUT2D eigenvalue weighted by Crippen LogP contribution is 2.39. The lowest BCUT2D eigenvalue weighted by Gasteiger charge is -2.36. The molecule has 0 bridgehead atoms. The van der Waals surface area contributed by atoms with Crippen molar-refractivity contribution in [3.63, 3.8) is 0 Å². The summed E-state index contributed by atoms with van der Waals surface area (Å²) in [5.41, 5.74) is 0.180. The van der Waals surface area contributed by atoms with E-state index in [0.717, 1.165) is 44.7 Å². The first-order chi connectivity index (χ1) is 15.7. The van der Waals surface area contributed by atoms with Crippen LogP contribution in [-0.2, 0) is 14.6 Å². The fourth-order valence-electron chi connectivity index (χ4n) is 4.38. The topological polar surface area (TPSA) is 116 Å². The van der Waals surface area contributed by atoms with Crippen molar-refractivity contribution in [3.05, 3.63) is 12.0 Å². The van der Waals surface area contributed by atoms with E-state index in [9.17, 15) is 17.6 Å². The Balaban J connectivity index is 1.53. The van der Waals surface area contributed by atoms with Crippen molar-refractivity contribution in [2.24, 2.45) is 11.8 Å². The molecular formula is C22H28FN5O3S2. The Morgan fingerprint density at radius 3 is 2.67 bits per heavy atom. The van der Waals surface area contributed by atoms with Crippen molar-refractivity contribution in [1.82, 2.24) is 9.97 Å². The van der Waals surface area contributed by atoms with E-state index in [1.807, 2.05) is 0 Å². The largest absolute Gasteiger partial charge is 0.344 e. The van der Waals surface area contributed by atoms with Gasteiger partial charge in [0.25, 0.3) is 0 Å². The Morgan fingerprint density at radius 1 is 1.30 bits per heavy atom. The molecule has 2 saturated carbocycles. The van der Waals surface area contributed by atoms with Crippen LogP contribution in [0.2, 0.25) is 0 Å². The standard InChI is InChI=1S/C22H28FN5O3S2/c1-33(30,31)12-9-14-3-7-16(8-4-14)28(11-2-10-24)22-26-18-17(23)13-25-20(19(18)32-22)27-21(29)15-5-6-15/h13-16H,2-9,11-12H2,1H3,(H,25,27,29). The molecule has 2 aliphatic rings. The van der Waals surface area contributed by atoms with Crippen LogP contribution in [0.5, 0.6) is 0 Å². The number of rotatable bonds is 9. The monoisotopic (exact) mass is 493 g/mol. The van der Waals surface area contributed by atoms with Crippen LogP contribution in [0.3, 0.4) is 0 Å². The number of amides is 1. The lowest BCUT2D eigenvalue weighted by molar-refractivity contribution is -0.117. The van der Waals surface area contributed by atoms with Gasteiger partial charge in [0.1, 0.15) is 20.1 Å². The third-order valence-corrected chi connectivity index (χ3v) is 8.49. The van der Waals surface area contributed by atoms with E-state index in [0.29, 0.717) is 41.0 Å². The molecule has 2 heterocycles. The Morgan fingerprint density at radius 2 is 2.03 bits per heavy atom. The van der Waals surface area contributed by atoms with E-state index < -0.39 is 15.7 Å². The van der Waals surface area contributed by atoms with Crippen LogP contribution in [0.15, 0.2) is 6.20 Å². The molecule has 0 radical (unpaired) electrons. The molecule has 8 nitrogen and oxygen atoms in total. The van der Waals surface area contributed by atoms with Gasteiger partial charge >= 0.3 is 0 Å². The first kappa shape index (κ1) is 23.8. The molecule has 2 aromatic rings. The molecule has 2 aromatic heterocycles.